The second kappa shape index (κ2) is 11.0. The molecule has 0 saturated heterocycles. The van der Waals surface area contributed by atoms with E-state index in [0.717, 1.165) is 27.5 Å². The van der Waals surface area contributed by atoms with E-state index in [-0.39, 0.29) is 23.8 Å². The van der Waals surface area contributed by atoms with Crippen molar-refractivity contribution in [2.75, 3.05) is 27.3 Å². The third-order valence-corrected chi connectivity index (χ3v) is 7.24. The Morgan fingerprint density at radius 1 is 1.09 bits per heavy atom. The van der Waals surface area contributed by atoms with Crippen molar-refractivity contribution in [2.45, 2.75) is 32.2 Å². The minimum atomic E-state index is -0.492. The van der Waals surface area contributed by atoms with Crippen LogP contribution in [0.4, 0.5) is 0 Å². The number of nitrogens with one attached hydrogen (secondary N) is 1. The molecule has 1 N–H and O–H groups in total. The molecule has 7 heteroatoms. The lowest BCUT2D eigenvalue weighted by Crippen LogP contribution is -2.48. The molecule has 0 fully saturated rings. The highest BCUT2D eigenvalue weighted by Crippen LogP contribution is 2.44. The summed E-state index contributed by atoms with van der Waals surface area (Å²) in [4.78, 5) is 30.2. The van der Waals surface area contributed by atoms with E-state index < -0.39 is 5.92 Å². The van der Waals surface area contributed by atoms with Gasteiger partial charge in [-0.25, -0.2) is 0 Å². The van der Waals surface area contributed by atoms with Crippen molar-refractivity contribution < 1.29 is 19.1 Å². The molecule has 6 nitrogen and oxygen atoms in total. The van der Waals surface area contributed by atoms with E-state index in [1.54, 1.807) is 25.6 Å². The molecule has 3 aromatic rings. The summed E-state index contributed by atoms with van der Waals surface area (Å²) in [6, 6.07) is 16.8. The highest BCUT2D eigenvalue weighted by atomic mass is 32.1. The molecule has 4 rings (SSSR count). The molecule has 0 aliphatic carbocycles. The normalized spacial score (nSPS) is 17.3. The Balaban J connectivity index is 1.63. The minimum Gasteiger partial charge on any atom is -0.497 e. The first-order chi connectivity index (χ1) is 16.9. The lowest BCUT2D eigenvalue weighted by molar-refractivity contribution is -0.124. The number of ether oxygens (including phenoxy) is 2. The van der Waals surface area contributed by atoms with Gasteiger partial charge in [-0.2, -0.15) is 0 Å². The number of rotatable bonds is 9. The summed E-state index contributed by atoms with van der Waals surface area (Å²) >= 11 is 1.58. The van der Waals surface area contributed by atoms with Crippen LogP contribution >= 0.6 is 11.3 Å². The Morgan fingerprint density at radius 2 is 1.89 bits per heavy atom. The zero-order valence-electron chi connectivity index (χ0n) is 20.6. The molecule has 2 atom stereocenters. The van der Waals surface area contributed by atoms with Crippen molar-refractivity contribution in [1.29, 1.82) is 0 Å². The van der Waals surface area contributed by atoms with Crippen LogP contribution in [0.3, 0.4) is 0 Å². The lowest BCUT2D eigenvalue weighted by Gasteiger charge is -2.42. The molecular formula is C28H32N2O4S. The Kier molecular flexibility index (Phi) is 7.76. The van der Waals surface area contributed by atoms with Gasteiger partial charge < -0.3 is 19.7 Å². The van der Waals surface area contributed by atoms with E-state index in [1.165, 1.54) is 0 Å². The minimum absolute atomic E-state index is 0.0159. The van der Waals surface area contributed by atoms with E-state index >= 15 is 0 Å². The van der Waals surface area contributed by atoms with Gasteiger partial charge in [0.05, 0.1) is 26.2 Å². The number of thiophene rings is 1. The van der Waals surface area contributed by atoms with Crippen LogP contribution in [0.5, 0.6) is 11.5 Å². The van der Waals surface area contributed by atoms with Gasteiger partial charge in [-0.3, -0.25) is 9.59 Å². The molecule has 184 valence electrons. The van der Waals surface area contributed by atoms with Crippen LogP contribution in [0, 0.1) is 5.92 Å². The van der Waals surface area contributed by atoms with Crippen LogP contribution in [-0.4, -0.2) is 44.0 Å². The smallest absolute Gasteiger partial charge is 0.254 e. The molecule has 1 aliphatic heterocycles. The molecule has 35 heavy (non-hydrogen) atoms. The number of hydrogen-bond acceptors (Lipinski definition) is 5. The third kappa shape index (κ3) is 5.20. The SMILES string of the molecule is COc1ccc(OC)c(CCNC(=O)C2c3ccccc3C(=O)N(CC(C)C)C2c2cccs2)c1. The highest BCUT2D eigenvalue weighted by molar-refractivity contribution is 7.10. The summed E-state index contributed by atoms with van der Waals surface area (Å²) in [5, 5.41) is 5.14. The fraction of sp³-hybridized carbons (Fsp3) is 0.357. The van der Waals surface area contributed by atoms with Gasteiger partial charge in [-0.05, 0) is 59.2 Å². The first kappa shape index (κ1) is 24.8. The summed E-state index contributed by atoms with van der Waals surface area (Å²) in [5.74, 6) is 1.18. The molecule has 2 aromatic carbocycles. The van der Waals surface area contributed by atoms with Crippen molar-refractivity contribution in [3.63, 3.8) is 0 Å². The van der Waals surface area contributed by atoms with Gasteiger partial charge in [-0.15, -0.1) is 11.3 Å². The van der Waals surface area contributed by atoms with E-state index in [9.17, 15) is 9.59 Å². The number of hydrogen-bond donors (Lipinski definition) is 1. The second-order valence-electron chi connectivity index (χ2n) is 9.10. The Labute approximate surface area is 210 Å². The van der Waals surface area contributed by atoms with Gasteiger partial charge in [0.2, 0.25) is 5.91 Å². The molecule has 0 bridgehead atoms. The summed E-state index contributed by atoms with van der Waals surface area (Å²) < 4.78 is 10.8. The van der Waals surface area contributed by atoms with Crippen LogP contribution in [0.25, 0.3) is 0 Å². The zero-order chi connectivity index (χ0) is 24.9. The van der Waals surface area contributed by atoms with Crippen LogP contribution in [0.15, 0.2) is 60.0 Å². The molecule has 2 heterocycles. The van der Waals surface area contributed by atoms with Crippen LogP contribution < -0.4 is 14.8 Å². The van der Waals surface area contributed by atoms with Gasteiger partial charge in [0.1, 0.15) is 11.5 Å². The number of methoxy groups -OCH3 is 2. The monoisotopic (exact) mass is 492 g/mol. The Hall–Kier alpha value is -3.32. The third-order valence-electron chi connectivity index (χ3n) is 6.30. The molecule has 2 amide bonds. The van der Waals surface area contributed by atoms with Crippen molar-refractivity contribution in [3.05, 3.63) is 81.5 Å². The average Bonchev–Trinajstić information content (AvgIpc) is 3.39. The molecule has 1 aromatic heterocycles. The Morgan fingerprint density at radius 3 is 2.57 bits per heavy atom. The van der Waals surface area contributed by atoms with Crippen LogP contribution in [0.1, 0.15) is 52.2 Å². The zero-order valence-corrected chi connectivity index (χ0v) is 21.4. The summed E-state index contributed by atoms with van der Waals surface area (Å²) in [7, 11) is 3.26. The fourth-order valence-corrected chi connectivity index (χ4v) is 5.63. The fourth-order valence-electron chi connectivity index (χ4n) is 4.75. The molecule has 1 aliphatic rings. The van der Waals surface area contributed by atoms with Crippen LogP contribution in [0.2, 0.25) is 0 Å². The maximum absolute atomic E-state index is 13.8. The quantitative estimate of drug-likeness (QED) is 0.453. The molecule has 0 spiro atoms. The molecule has 2 unspecified atom stereocenters. The average molecular weight is 493 g/mol. The number of carbonyl (C=O) groups excluding carboxylic acids is 2. The number of carbonyl (C=O) groups is 2. The van der Waals surface area contributed by atoms with E-state index in [4.69, 9.17) is 9.47 Å². The topological polar surface area (TPSA) is 67.9 Å². The van der Waals surface area contributed by atoms with E-state index in [2.05, 4.69) is 19.2 Å². The van der Waals surface area contributed by atoms with Crippen molar-refractivity contribution >= 4 is 23.2 Å². The predicted octanol–water partition coefficient (Wildman–Crippen LogP) is 5.06. The maximum atomic E-state index is 13.8. The van der Waals surface area contributed by atoms with E-state index in [1.807, 2.05) is 64.9 Å². The lowest BCUT2D eigenvalue weighted by atomic mass is 9.81. The van der Waals surface area contributed by atoms with Gasteiger partial charge in [0.25, 0.3) is 5.91 Å². The molecule has 0 radical (unpaired) electrons. The number of amides is 2. The van der Waals surface area contributed by atoms with Crippen molar-refractivity contribution in [1.82, 2.24) is 10.2 Å². The van der Waals surface area contributed by atoms with E-state index in [0.29, 0.717) is 25.1 Å². The van der Waals surface area contributed by atoms with Crippen molar-refractivity contribution in [2.24, 2.45) is 5.92 Å². The van der Waals surface area contributed by atoms with Gasteiger partial charge in [0.15, 0.2) is 0 Å². The standard InChI is InChI=1S/C28H32N2O4S/c1-18(2)17-30-26(24-10-7-15-35-24)25(21-8-5-6-9-22(21)28(30)32)27(31)29-14-13-19-16-20(33-3)11-12-23(19)34-4/h5-12,15-16,18,25-26H,13-14,17H2,1-4H3,(H,29,31). The first-order valence-electron chi connectivity index (χ1n) is 11.9. The Bertz CT molecular complexity index is 1180. The maximum Gasteiger partial charge on any atom is 0.254 e. The summed E-state index contributed by atoms with van der Waals surface area (Å²) in [5.41, 5.74) is 2.35. The number of nitrogens with zero attached hydrogens (tertiary/aromatic N) is 1. The largest absolute Gasteiger partial charge is 0.497 e. The van der Waals surface area contributed by atoms with Gasteiger partial charge in [-0.1, -0.05) is 38.1 Å². The highest BCUT2D eigenvalue weighted by Gasteiger charge is 2.44. The van der Waals surface area contributed by atoms with Crippen molar-refractivity contribution in [3.8, 4) is 11.5 Å². The number of benzene rings is 2. The molecule has 0 saturated carbocycles. The van der Waals surface area contributed by atoms with Gasteiger partial charge >= 0.3 is 0 Å². The summed E-state index contributed by atoms with van der Waals surface area (Å²) in [6.07, 6.45) is 0.596. The van der Waals surface area contributed by atoms with Gasteiger partial charge in [0, 0.05) is 23.5 Å². The predicted molar refractivity (Wildman–Crippen MR) is 138 cm³/mol. The van der Waals surface area contributed by atoms with Crippen LogP contribution in [-0.2, 0) is 11.2 Å². The summed E-state index contributed by atoms with van der Waals surface area (Å²) in [6.45, 7) is 5.21. The molecular weight excluding hydrogens is 460 g/mol. The second-order valence-corrected chi connectivity index (χ2v) is 10.1. The number of fused-ring (bicyclic) bond motifs is 1. The first-order valence-corrected chi connectivity index (χ1v) is 12.7.